The Hall–Kier alpha value is -1.06. The summed E-state index contributed by atoms with van der Waals surface area (Å²) in [5.41, 5.74) is 0. The van der Waals surface area contributed by atoms with Crippen molar-refractivity contribution in [1.82, 2.24) is 0 Å². The number of esters is 1. The van der Waals surface area contributed by atoms with Gasteiger partial charge in [-0.05, 0) is 32.1 Å². The van der Waals surface area contributed by atoms with Gasteiger partial charge >= 0.3 is 11.9 Å². The van der Waals surface area contributed by atoms with E-state index in [1.54, 1.807) is 0 Å². The highest BCUT2D eigenvalue weighted by atomic mass is 16.5. The number of rotatable bonds is 37. The van der Waals surface area contributed by atoms with E-state index in [1.807, 2.05) is 0 Å². The van der Waals surface area contributed by atoms with Crippen molar-refractivity contribution in [2.75, 3.05) is 0 Å². The van der Waals surface area contributed by atoms with Crippen molar-refractivity contribution < 1.29 is 19.4 Å². The summed E-state index contributed by atoms with van der Waals surface area (Å²) in [7, 11) is 0. The van der Waals surface area contributed by atoms with E-state index in [-0.39, 0.29) is 12.1 Å². The van der Waals surface area contributed by atoms with Crippen molar-refractivity contribution >= 4 is 11.9 Å². The van der Waals surface area contributed by atoms with E-state index in [4.69, 9.17) is 9.84 Å². The first-order valence-electron chi connectivity index (χ1n) is 20.0. The average molecular weight is 623 g/mol. The van der Waals surface area contributed by atoms with Gasteiger partial charge in [-0.15, -0.1) is 0 Å². The monoisotopic (exact) mass is 623 g/mol. The highest BCUT2D eigenvalue weighted by Crippen LogP contribution is 2.17. The van der Waals surface area contributed by atoms with Gasteiger partial charge in [0.2, 0.25) is 0 Å². The zero-order valence-electron chi connectivity index (χ0n) is 30.0. The molecule has 0 spiro atoms. The van der Waals surface area contributed by atoms with Crippen molar-refractivity contribution in [2.45, 2.75) is 245 Å². The Labute approximate surface area is 275 Å². The van der Waals surface area contributed by atoms with Gasteiger partial charge < -0.3 is 9.84 Å². The van der Waals surface area contributed by atoms with Crippen molar-refractivity contribution in [2.24, 2.45) is 0 Å². The standard InChI is InChI=1S/C40H78O4/c1-3-5-6-7-8-9-10-17-22-25-28-31-34-37-40(43)44-38(4-2)35-32-29-26-23-20-18-15-13-11-12-14-16-19-21-24-27-30-33-36-39(41)42/h38H,3-37H2,1-2H3,(H,41,42). The van der Waals surface area contributed by atoms with Crippen LogP contribution in [0.3, 0.4) is 0 Å². The first-order valence-corrected chi connectivity index (χ1v) is 20.0. The lowest BCUT2D eigenvalue weighted by atomic mass is 10.0. The number of hydrogen-bond acceptors (Lipinski definition) is 3. The maximum Gasteiger partial charge on any atom is 0.306 e. The third kappa shape index (κ3) is 35.4. The highest BCUT2D eigenvalue weighted by Gasteiger charge is 2.12. The van der Waals surface area contributed by atoms with E-state index in [9.17, 15) is 9.59 Å². The summed E-state index contributed by atoms with van der Waals surface area (Å²) in [4.78, 5) is 22.8. The van der Waals surface area contributed by atoms with Crippen molar-refractivity contribution in [3.8, 4) is 0 Å². The molecule has 0 rings (SSSR count). The Balaban J connectivity index is 3.36. The highest BCUT2D eigenvalue weighted by molar-refractivity contribution is 5.69. The minimum absolute atomic E-state index is 0.0293. The molecule has 1 N–H and O–H groups in total. The van der Waals surface area contributed by atoms with E-state index in [0.29, 0.717) is 12.8 Å². The molecule has 0 bridgehead atoms. The lowest BCUT2D eigenvalue weighted by Gasteiger charge is -2.16. The molecule has 4 heteroatoms. The molecular weight excluding hydrogens is 544 g/mol. The molecule has 0 aliphatic rings. The summed E-state index contributed by atoms with van der Waals surface area (Å²) >= 11 is 0. The Bertz CT molecular complexity index is 590. The summed E-state index contributed by atoms with van der Waals surface area (Å²) in [6, 6.07) is 0. The van der Waals surface area contributed by atoms with Crippen molar-refractivity contribution in [3.63, 3.8) is 0 Å². The summed E-state index contributed by atoms with van der Waals surface area (Å²) in [5, 5.41) is 8.65. The number of carbonyl (C=O) groups is 2. The topological polar surface area (TPSA) is 63.6 Å². The Morgan fingerprint density at radius 1 is 0.432 bits per heavy atom. The molecule has 0 aliphatic carbocycles. The van der Waals surface area contributed by atoms with Gasteiger partial charge in [-0.1, -0.05) is 194 Å². The molecule has 0 heterocycles. The largest absolute Gasteiger partial charge is 0.481 e. The minimum Gasteiger partial charge on any atom is -0.481 e. The number of ether oxygens (including phenoxy) is 1. The molecular formula is C40H78O4. The van der Waals surface area contributed by atoms with E-state index >= 15 is 0 Å². The van der Waals surface area contributed by atoms with Crippen LogP contribution in [0.4, 0.5) is 0 Å². The summed E-state index contributed by atoms with van der Waals surface area (Å²) in [5.74, 6) is -0.630. The van der Waals surface area contributed by atoms with Gasteiger partial charge in [0.1, 0.15) is 6.10 Å². The molecule has 4 nitrogen and oxygen atoms in total. The van der Waals surface area contributed by atoms with Crippen LogP contribution in [0, 0.1) is 0 Å². The lowest BCUT2D eigenvalue weighted by Crippen LogP contribution is -2.17. The second-order valence-electron chi connectivity index (χ2n) is 13.8. The van der Waals surface area contributed by atoms with E-state index in [0.717, 1.165) is 32.1 Å². The van der Waals surface area contributed by atoms with Gasteiger partial charge in [0.25, 0.3) is 0 Å². The molecule has 0 saturated heterocycles. The first-order chi connectivity index (χ1) is 21.6. The zero-order valence-corrected chi connectivity index (χ0v) is 30.0. The predicted molar refractivity (Wildman–Crippen MR) is 190 cm³/mol. The van der Waals surface area contributed by atoms with Crippen LogP contribution in [0.2, 0.25) is 0 Å². The van der Waals surface area contributed by atoms with Crippen molar-refractivity contribution in [3.05, 3.63) is 0 Å². The van der Waals surface area contributed by atoms with Crippen LogP contribution in [0.15, 0.2) is 0 Å². The molecule has 44 heavy (non-hydrogen) atoms. The number of aliphatic carboxylic acids is 1. The summed E-state index contributed by atoms with van der Waals surface area (Å²) in [6.45, 7) is 4.43. The van der Waals surface area contributed by atoms with Crippen LogP contribution in [0.25, 0.3) is 0 Å². The fourth-order valence-electron chi connectivity index (χ4n) is 6.35. The molecule has 0 saturated carbocycles. The van der Waals surface area contributed by atoms with Gasteiger partial charge in [0.05, 0.1) is 0 Å². The van der Waals surface area contributed by atoms with E-state index in [2.05, 4.69) is 13.8 Å². The molecule has 0 fully saturated rings. The van der Waals surface area contributed by atoms with Gasteiger partial charge in [-0.3, -0.25) is 9.59 Å². The SMILES string of the molecule is CCCCCCCCCCCCCCCC(=O)OC(CC)CCCCCCCCCCCCCCCCCCCCC(=O)O. The first kappa shape index (κ1) is 42.9. The molecule has 0 aromatic heterocycles. The summed E-state index contributed by atoms with van der Waals surface area (Å²) < 4.78 is 5.80. The Morgan fingerprint density at radius 3 is 1.05 bits per heavy atom. The number of carboxylic acids is 1. The molecule has 1 atom stereocenters. The molecule has 0 radical (unpaired) electrons. The number of unbranched alkanes of at least 4 members (excludes halogenated alkanes) is 29. The second kappa shape index (κ2) is 36.4. The normalized spacial score (nSPS) is 12.0. The van der Waals surface area contributed by atoms with E-state index in [1.165, 1.54) is 180 Å². The third-order valence-corrected chi connectivity index (χ3v) is 9.40. The van der Waals surface area contributed by atoms with Crippen LogP contribution in [0.1, 0.15) is 239 Å². The minimum atomic E-state index is -0.660. The fourth-order valence-corrected chi connectivity index (χ4v) is 6.35. The van der Waals surface area contributed by atoms with Crippen LogP contribution in [-0.4, -0.2) is 23.1 Å². The van der Waals surface area contributed by atoms with E-state index < -0.39 is 5.97 Å². The quantitative estimate of drug-likeness (QED) is 0.0553. The molecule has 1 unspecified atom stereocenters. The predicted octanol–water partition coefficient (Wildman–Crippen LogP) is 13.7. The number of carbonyl (C=O) groups excluding carboxylic acids is 1. The fraction of sp³-hybridized carbons (Fsp3) is 0.950. The Morgan fingerprint density at radius 2 is 0.727 bits per heavy atom. The lowest BCUT2D eigenvalue weighted by molar-refractivity contribution is -0.149. The maximum atomic E-state index is 12.3. The number of hydrogen-bond donors (Lipinski definition) is 1. The van der Waals surface area contributed by atoms with Crippen LogP contribution >= 0.6 is 0 Å². The molecule has 262 valence electrons. The third-order valence-electron chi connectivity index (χ3n) is 9.40. The van der Waals surface area contributed by atoms with Crippen LogP contribution in [0.5, 0.6) is 0 Å². The van der Waals surface area contributed by atoms with Crippen LogP contribution in [-0.2, 0) is 14.3 Å². The van der Waals surface area contributed by atoms with Gasteiger partial charge in [0.15, 0.2) is 0 Å². The van der Waals surface area contributed by atoms with Gasteiger partial charge in [-0.2, -0.15) is 0 Å². The van der Waals surface area contributed by atoms with Crippen molar-refractivity contribution in [1.29, 1.82) is 0 Å². The second-order valence-corrected chi connectivity index (χ2v) is 13.8. The zero-order chi connectivity index (χ0) is 32.2. The molecule has 0 aliphatic heterocycles. The van der Waals surface area contributed by atoms with Crippen LogP contribution < -0.4 is 0 Å². The molecule has 0 aromatic rings. The molecule has 0 aromatic carbocycles. The molecule has 0 amide bonds. The number of carboxylic acid groups (broad SMARTS) is 1. The van der Waals surface area contributed by atoms with Gasteiger partial charge in [-0.25, -0.2) is 0 Å². The maximum absolute atomic E-state index is 12.3. The summed E-state index contributed by atoms with van der Waals surface area (Å²) in [6.07, 6.45) is 43.6. The Kier molecular flexibility index (Phi) is 35.5. The van der Waals surface area contributed by atoms with Gasteiger partial charge in [0, 0.05) is 12.8 Å². The smallest absolute Gasteiger partial charge is 0.306 e. The average Bonchev–Trinajstić information content (AvgIpc) is 3.01.